The number of aromatic amines is 1. The zero-order valence-electron chi connectivity index (χ0n) is 9.77. The van der Waals surface area contributed by atoms with E-state index >= 15 is 0 Å². The van der Waals surface area contributed by atoms with Crippen LogP contribution in [0.2, 0.25) is 4.34 Å². The second-order valence-corrected chi connectivity index (χ2v) is 5.81. The largest absolute Gasteiger partial charge is 0.343 e. The minimum Gasteiger partial charge on any atom is -0.343 e. The summed E-state index contributed by atoms with van der Waals surface area (Å²) in [5.74, 6) is 0. The Bertz CT molecular complexity index is 667. The molecule has 0 aliphatic heterocycles. The summed E-state index contributed by atoms with van der Waals surface area (Å²) >= 11 is 7.53. The van der Waals surface area contributed by atoms with Crippen molar-refractivity contribution in [2.24, 2.45) is 0 Å². The fourth-order valence-electron chi connectivity index (χ4n) is 1.86. The molecule has 1 aromatic carbocycles. The number of benzene rings is 1. The summed E-state index contributed by atoms with van der Waals surface area (Å²) in [6, 6.07) is 12.3. The van der Waals surface area contributed by atoms with Gasteiger partial charge in [-0.05, 0) is 19.1 Å². The van der Waals surface area contributed by atoms with Gasteiger partial charge in [0.15, 0.2) is 0 Å². The van der Waals surface area contributed by atoms with Crippen molar-refractivity contribution in [3.05, 3.63) is 52.6 Å². The molecule has 2 nitrogen and oxygen atoms in total. The summed E-state index contributed by atoms with van der Waals surface area (Å²) < 4.78 is 0.787. The van der Waals surface area contributed by atoms with Gasteiger partial charge >= 0.3 is 0 Å². The number of hydrogen-bond donors (Lipinski definition) is 1. The molecule has 2 aromatic heterocycles. The average Bonchev–Trinajstić information content (AvgIpc) is 2.98. The molecule has 0 bridgehead atoms. The van der Waals surface area contributed by atoms with Gasteiger partial charge in [-0.3, -0.25) is 0 Å². The standard InChI is InChI=1S/C14H11ClN2S/c1-9-2-4-10(5-3-9)13-14(17-8-16-13)11-6-7-12(15)18-11/h2-8H,1H3,(H,16,17). The molecule has 0 saturated heterocycles. The van der Waals surface area contributed by atoms with E-state index in [1.165, 1.54) is 5.56 Å². The molecule has 0 saturated carbocycles. The Balaban J connectivity index is 2.09. The van der Waals surface area contributed by atoms with E-state index in [2.05, 4.69) is 41.2 Å². The van der Waals surface area contributed by atoms with Crippen LogP contribution in [0, 0.1) is 6.92 Å². The van der Waals surface area contributed by atoms with Crippen LogP contribution in [0.3, 0.4) is 0 Å². The summed E-state index contributed by atoms with van der Waals surface area (Å²) in [6.07, 6.45) is 1.72. The van der Waals surface area contributed by atoms with Gasteiger partial charge < -0.3 is 4.98 Å². The maximum absolute atomic E-state index is 5.98. The number of halogens is 1. The fourth-order valence-corrected chi connectivity index (χ4v) is 2.91. The number of nitrogens with one attached hydrogen (secondary N) is 1. The Kier molecular flexibility index (Phi) is 2.94. The van der Waals surface area contributed by atoms with Crippen molar-refractivity contribution in [1.29, 1.82) is 0 Å². The normalized spacial score (nSPS) is 10.8. The number of imidazole rings is 1. The smallest absolute Gasteiger partial charge is 0.0969 e. The summed E-state index contributed by atoms with van der Waals surface area (Å²) in [5.41, 5.74) is 4.35. The molecule has 0 spiro atoms. The summed E-state index contributed by atoms with van der Waals surface area (Å²) in [6.45, 7) is 2.08. The predicted molar refractivity (Wildman–Crippen MR) is 77.1 cm³/mol. The van der Waals surface area contributed by atoms with Crippen LogP contribution in [-0.2, 0) is 0 Å². The van der Waals surface area contributed by atoms with E-state index < -0.39 is 0 Å². The van der Waals surface area contributed by atoms with E-state index in [4.69, 9.17) is 11.6 Å². The first-order valence-electron chi connectivity index (χ1n) is 5.60. The molecule has 3 rings (SSSR count). The van der Waals surface area contributed by atoms with Gasteiger partial charge in [0.05, 0.1) is 26.9 Å². The summed E-state index contributed by atoms with van der Waals surface area (Å²) in [5, 5.41) is 0. The lowest BCUT2D eigenvalue weighted by atomic mass is 10.1. The number of thiophene rings is 1. The molecule has 4 heteroatoms. The third-order valence-corrected chi connectivity index (χ3v) is 4.03. The number of H-pyrrole nitrogens is 1. The summed E-state index contributed by atoms with van der Waals surface area (Å²) in [7, 11) is 0. The number of rotatable bonds is 2. The third-order valence-electron chi connectivity index (χ3n) is 2.78. The molecule has 0 unspecified atom stereocenters. The van der Waals surface area contributed by atoms with Crippen LogP contribution in [-0.4, -0.2) is 9.97 Å². The second kappa shape index (κ2) is 4.59. The van der Waals surface area contributed by atoms with Crippen LogP contribution >= 0.6 is 22.9 Å². The van der Waals surface area contributed by atoms with Gasteiger partial charge in [-0.1, -0.05) is 41.4 Å². The highest BCUT2D eigenvalue weighted by Crippen LogP contribution is 2.35. The van der Waals surface area contributed by atoms with Crippen LogP contribution in [0.25, 0.3) is 21.8 Å². The monoisotopic (exact) mass is 274 g/mol. The van der Waals surface area contributed by atoms with Crippen LogP contribution in [0.15, 0.2) is 42.7 Å². The molecule has 1 N–H and O–H groups in total. The Labute approximate surface area is 114 Å². The van der Waals surface area contributed by atoms with E-state index in [-0.39, 0.29) is 0 Å². The van der Waals surface area contributed by atoms with Gasteiger partial charge in [-0.15, -0.1) is 11.3 Å². The summed E-state index contributed by atoms with van der Waals surface area (Å²) in [4.78, 5) is 8.70. The van der Waals surface area contributed by atoms with Crippen molar-refractivity contribution in [3.63, 3.8) is 0 Å². The van der Waals surface area contributed by atoms with Crippen molar-refractivity contribution in [2.75, 3.05) is 0 Å². The first kappa shape index (κ1) is 11.5. The molecule has 0 aliphatic rings. The number of hydrogen-bond acceptors (Lipinski definition) is 2. The molecule has 0 atom stereocenters. The van der Waals surface area contributed by atoms with E-state index in [0.717, 1.165) is 26.2 Å². The van der Waals surface area contributed by atoms with E-state index in [0.29, 0.717) is 0 Å². The molecule has 3 aromatic rings. The van der Waals surface area contributed by atoms with Crippen LogP contribution in [0.1, 0.15) is 5.56 Å². The van der Waals surface area contributed by atoms with Gasteiger partial charge in [0.2, 0.25) is 0 Å². The topological polar surface area (TPSA) is 28.7 Å². The quantitative estimate of drug-likeness (QED) is 0.717. The Hall–Kier alpha value is -1.58. The minimum absolute atomic E-state index is 0.787. The number of aryl methyl sites for hydroxylation is 1. The Morgan fingerprint density at radius 2 is 1.89 bits per heavy atom. The molecular formula is C14H11ClN2S. The lowest BCUT2D eigenvalue weighted by molar-refractivity contribution is 1.31. The molecule has 2 heterocycles. The van der Waals surface area contributed by atoms with Crippen molar-refractivity contribution in [3.8, 4) is 21.8 Å². The molecule has 0 fully saturated rings. The fraction of sp³-hybridized carbons (Fsp3) is 0.0714. The zero-order valence-corrected chi connectivity index (χ0v) is 11.3. The highest BCUT2D eigenvalue weighted by Gasteiger charge is 2.11. The molecule has 18 heavy (non-hydrogen) atoms. The first-order valence-corrected chi connectivity index (χ1v) is 6.79. The van der Waals surface area contributed by atoms with E-state index in [9.17, 15) is 0 Å². The lowest BCUT2D eigenvalue weighted by Crippen LogP contribution is -1.82. The van der Waals surface area contributed by atoms with Crippen LogP contribution in [0.4, 0.5) is 0 Å². The third kappa shape index (κ3) is 2.07. The SMILES string of the molecule is Cc1ccc(-c2nc[nH]c2-c2ccc(Cl)s2)cc1. The number of nitrogens with zero attached hydrogens (tertiary/aromatic N) is 1. The van der Waals surface area contributed by atoms with Gasteiger partial charge in [0.1, 0.15) is 0 Å². The second-order valence-electron chi connectivity index (χ2n) is 4.10. The first-order chi connectivity index (χ1) is 8.74. The molecular weight excluding hydrogens is 264 g/mol. The minimum atomic E-state index is 0.787. The van der Waals surface area contributed by atoms with E-state index in [1.807, 2.05) is 12.1 Å². The molecule has 90 valence electrons. The van der Waals surface area contributed by atoms with Gasteiger partial charge in [0.25, 0.3) is 0 Å². The average molecular weight is 275 g/mol. The Morgan fingerprint density at radius 3 is 2.56 bits per heavy atom. The molecule has 0 radical (unpaired) electrons. The van der Waals surface area contributed by atoms with Crippen molar-refractivity contribution >= 4 is 22.9 Å². The Morgan fingerprint density at radius 1 is 1.11 bits per heavy atom. The maximum Gasteiger partial charge on any atom is 0.0969 e. The lowest BCUT2D eigenvalue weighted by Gasteiger charge is -2.01. The predicted octanol–water partition coefficient (Wildman–Crippen LogP) is 4.77. The molecule has 0 amide bonds. The van der Waals surface area contributed by atoms with Gasteiger partial charge in [-0.25, -0.2) is 4.98 Å². The van der Waals surface area contributed by atoms with Crippen molar-refractivity contribution in [1.82, 2.24) is 9.97 Å². The van der Waals surface area contributed by atoms with Crippen molar-refractivity contribution in [2.45, 2.75) is 6.92 Å². The maximum atomic E-state index is 5.98. The number of aromatic nitrogens is 2. The van der Waals surface area contributed by atoms with E-state index in [1.54, 1.807) is 17.7 Å². The van der Waals surface area contributed by atoms with Gasteiger partial charge in [0, 0.05) is 5.56 Å². The van der Waals surface area contributed by atoms with Crippen LogP contribution in [0.5, 0.6) is 0 Å². The van der Waals surface area contributed by atoms with Gasteiger partial charge in [-0.2, -0.15) is 0 Å². The van der Waals surface area contributed by atoms with Crippen molar-refractivity contribution < 1.29 is 0 Å². The van der Waals surface area contributed by atoms with Crippen LogP contribution < -0.4 is 0 Å². The highest BCUT2D eigenvalue weighted by atomic mass is 35.5. The zero-order chi connectivity index (χ0) is 12.5. The highest BCUT2D eigenvalue weighted by molar-refractivity contribution is 7.19. The molecule has 0 aliphatic carbocycles.